The predicted octanol–water partition coefficient (Wildman–Crippen LogP) is 2.03. The van der Waals surface area contributed by atoms with Gasteiger partial charge in [-0.15, -0.1) is 0 Å². The van der Waals surface area contributed by atoms with Crippen molar-refractivity contribution in [3.8, 4) is 5.75 Å². The number of carbonyl (C=O) groups is 2. The van der Waals surface area contributed by atoms with Crippen LogP contribution in [0.25, 0.3) is 0 Å². The molecule has 27 heavy (non-hydrogen) atoms. The highest BCUT2D eigenvalue weighted by molar-refractivity contribution is 5.79. The van der Waals surface area contributed by atoms with Crippen molar-refractivity contribution >= 4 is 11.8 Å². The number of piperidine rings is 1. The first-order valence-corrected chi connectivity index (χ1v) is 9.51. The molecular formula is C21H28N2O4. The van der Waals surface area contributed by atoms with E-state index >= 15 is 0 Å². The molecule has 6 nitrogen and oxygen atoms in total. The molecule has 1 saturated heterocycles. The molecular weight excluding hydrogens is 344 g/mol. The van der Waals surface area contributed by atoms with Gasteiger partial charge in [-0.2, -0.15) is 0 Å². The molecule has 146 valence electrons. The Morgan fingerprint density at radius 1 is 1.26 bits per heavy atom. The quantitative estimate of drug-likeness (QED) is 0.746. The zero-order valence-electron chi connectivity index (χ0n) is 16.1. The number of rotatable bonds is 2. The number of likely N-dealkylation sites (N-methyl/N-ethyl adjacent to an activating group) is 1. The molecule has 0 spiro atoms. The molecule has 6 heteroatoms. The van der Waals surface area contributed by atoms with Crippen molar-refractivity contribution in [2.45, 2.75) is 37.8 Å². The van der Waals surface area contributed by atoms with Crippen LogP contribution in [0.5, 0.6) is 5.75 Å². The molecule has 1 aromatic rings. The number of ether oxygens (including phenoxy) is 2. The van der Waals surface area contributed by atoms with Crippen LogP contribution in [0.15, 0.2) is 36.4 Å². The molecule has 1 fully saturated rings. The number of fused-ring (bicyclic) bond motifs is 2. The number of benzene rings is 1. The number of methoxy groups -OCH3 is 1. The first-order valence-electron chi connectivity index (χ1n) is 9.51. The Labute approximate surface area is 160 Å². The summed E-state index contributed by atoms with van der Waals surface area (Å²) in [5, 5.41) is 0. The Morgan fingerprint density at radius 2 is 2.07 bits per heavy atom. The molecule has 0 N–H and O–H groups in total. The van der Waals surface area contributed by atoms with E-state index in [1.807, 2.05) is 36.2 Å². The average Bonchev–Trinajstić information content (AvgIpc) is 2.68. The highest BCUT2D eigenvalue weighted by Gasteiger charge is 2.37. The lowest BCUT2D eigenvalue weighted by Gasteiger charge is -2.44. The molecule has 0 bridgehead atoms. The fraction of sp³-hybridized carbons (Fsp3) is 0.524. The van der Waals surface area contributed by atoms with E-state index in [9.17, 15) is 9.59 Å². The minimum Gasteiger partial charge on any atom is -0.483 e. The van der Waals surface area contributed by atoms with Gasteiger partial charge in [0.05, 0.1) is 12.1 Å². The third kappa shape index (κ3) is 4.50. The maximum absolute atomic E-state index is 12.8. The lowest BCUT2D eigenvalue weighted by atomic mass is 9.91. The minimum absolute atomic E-state index is 0.00641. The Kier molecular flexibility index (Phi) is 6.50. The van der Waals surface area contributed by atoms with Gasteiger partial charge in [-0.05, 0) is 37.3 Å². The van der Waals surface area contributed by atoms with Crippen LogP contribution in [0.4, 0.5) is 0 Å². The van der Waals surface area contributed by atoms with Crippen molar-refractivity contribution in [1.82, 2.24) is 9.80 Å². The van der Waals surface area contributed by atoms with E-state index in [2.05, 4.69) is 12.2 Å². The van der Waals surface area contributed by atoms with Gasteiger partial charge in [0.1, 0.15) is 12.4 Å². The van der Waals surface area contributed by atoms with Gasteiger partial charge >= 0.3 is 0 Å². The molecule has 0 aromatic heterocycles. The number of carbonyl (C=O) groups excluding carboxylic acids is 2. The summed E-state index contributed by atoms with van der Waals surface area (Å²) in [6, 6.07) is 7.74. The molecule has 2 heterocycles. The zero-order chi connectivity index (χ0) is 19.2. The molecule has 2 amide bonds. The van der Waals surface area contributed by atoms with Gasteiger partial charge < -0.3 is 19.3 Å². The lowest BCUT2D eigenvalue weighted by molar-refractivity contribution is -0.145. The number of likely N-dealkylation sites (tertiary alicyclic amines) is 1. The lowest BCUT2D eigenvalue weighted by Crippen LogP contribution is -2.58. The van der Waals surface area contributed by atoms with Crippen LogP contribution in [-0.2, 0) is 20.7 Å². The maximum atomic E-state index is 12.8. The van der Waals surface area contributed by atoms with Gasteiger partial charge in [0, 0.05) is 20.7 Å². The van der Waals surface area contributed by atoms with Crippen molar-refractivity contribution in [1.29, 1.82) is 0 Å². The highest BCUT2D eigenvalue weighted by atomic mass is 16.5. The van der Waals surface area contributed by atoms with E-state index in [1.54, 1.807) is 4.90 Å². The molecule has 1 aromatic carbocycles. The van der Waals surface area contributed by atoms with E-state index in [1.165, 1.54) is 7.11 Å². The van der Waals surface area contributed by atoms with E-state index < -0.39 is 0 Å². The number of allylic oxidation sites excluding steroid dienone is 1. The summed E-state index contributed by atoms with van der Waals surface area (Å²) in [5.41, 5.74) is 1.05. The van der Waals surface area contributed by atoms with Gasteiger partial charge in [0.25, 0.3) is 5.91 Å². The molecule has 3 rings (SSSR count). The normalized spacial score (nSPS) is 24.7. The first-order chi connectivity index (χ1) is 13.1. The average molecular weight is 372 g/mol. The number of para-hydroxylation sites is 1. The van der Waals surface area contributed by atoms with Crippen LogP contribution >= 0.6 is 0 Å². The van der Waals surface area contributed by atoms with Gasteiger partial charge in [0.15, 0.2) is 6.61 Å². The second-order valence-corrected chi connectivity index (χ2v) is 7.11. The summed E-state index contributed by atoms with van der Waals surface area (Å²) < 4.78 is 10.9. The molecule has 0 aliphatic carbocycles. The van der Waals surface area contributed by atoms with Gasteiger partial charge in [-0.1, -0.05) is 30.4 Å². The Bertz CT molecular complexity index is 703. The third-order valence-electron chi connectivity index (χ3n) is 5.43. The maximum Gasteiger partial charge on any atom is 0.260 e. The fourth-order valence-electron chi connectivity index (χ4n) is 3.97. The predicted molar refractivity (Wildman–Crippen MR) is 103 cm³/mol. The van der Waals surface area contributed by atoms with Gasteiger partial charge in [0.2, 0.25) is 5.91 Å². The zero-order valence-corrected chi connectivity index (χ0v) is 16.1. The monoisotopic (exact) mass is 372 g/mol. The van der Waals surface area contributed by atoms with Gasteiger partial charge in [-0.3, -0.25) is 9.59 Å². The van der Waals surface area contributed by atoms with Crippen molar-refractivity contribution < 1.29 is 19.1 Å². The van der Waals surface area contributed by atoms with E-state index in [0.717, 1.165) is 37.0 Å². The van der Waals surface area contributed by atoms with Crippen LogP contribution in [0.3, 0.4) is 0 Å². The molecule has 2 aliphatic rings. The summed E-state index contributed by atoms with van der Waals surface area (Å²) >= 11 is 0. The van der Waals surface area contributed by atoms with E-state index in [-0.39, 0.29) is 37.1 Å². The van der Waals surface area contributed by atoms with Crippen LogP contribution < -0.4 is 4.74 Å². The Balaban J connectivity index is 1.87. The van der Waals surface area contributed by atoms with Crippen molar-refractivity contribution in [3.05, 3.63) is 42.0 Å². The van der Waals surface area contributed by atoms with Crippen LogP contribution in [0.1, 0.15) is 24.8 Å². The van der Waals surface area contributed by atoms with Gasteiger partial charge in [-0.25, -0.2) is 0 Å². The molecule has 2 aliphatic heterocycles. The van der Waals surface area contributed by atoms with Crippen molar-refractivity contribution in [2.24, 2.45) is 0 Å². The SMILES string of the molecule is COCC(=O)N1CCC[C@@H]2[C@H]1C/C=C/Cc1ccccc1OCC(=O)N2C. The molecule has 2 atom stereocenters. The summed E-state index contributed by atoms with van der Waals surface area (Å²) in [6.07, 6.45) is 7.46. The molecule has 0 unspecified atom stereocenters. The van der Waals surface area contributed by atoms with E-state index in [4.69, 9.17) is 9.47 Å². The summed E-state index contributed by atoms with van der Waals surface area (Å²) in [5.74, 6) is 0.669. The fourth-order valence-corrected chi connectivity index (χ4v) is 3.97. The first kappa shape index (κ1) is 19.4. The summed E-state index contributed by atoms with van der Waals surface area (Å²) in [6.45, 7) is 0.784. The third-order valence-corrected chi connectivity index (χ3v) is 5.43. The standard InChI is InChI=1S/C21H28N2O4/c1-22-17-11-7-13-23(21(25)14-26-2)18(17)10-5-3-8-16-9-4-6-12-19(16)27-15-20(22)24/h3-6,9,12,17-18H,7-8,10-11,13-15H2,1-2H3/b5-3+/t17-,18-/m1/s1. The Morgan fingerprint density at radius 3 is 2.89 bits per heavy atom. The second-order valence-electron chi connectivity index (χ2n) is 7.11. The van der Waals surface area contributed by atoms with Crippen LogP contribution in [-0.4, -0.2) is 67.6 Å². The molecule has 0 radical (unpaired) electrons. The van der Waals surface area contributed by atoms with Crippen molar-refractivity contribution in [2.75, 3.05) is 33.9 Å². The van der Waals surface area contributed by atoms with Crippen LogP contribution in [0, 0.1) is 0 Å². The Hall–Kier alpha value is -2.34. The topological polar surface area (TPSA) is 59.1 Å². The van der Waals surface area contributed by atoms with Crippen molar-refractivity contribution in [3.63, 3.8) is 0 Å². The summed E-state index contributed by atoms with van der Waals surface area (Å²) in [7, 11) is 3.35. The largest absolute Gasteiger partial charge is 0.483 e. The molecule has 0 saturated carbocycles. The van der Waals surface area contributed by atoms with Crippen LogP contribution in [0.2, 0.25) is 0 Å². The summed E-state index contributed by atoms with van der Waals surface area (Å²) in [4.78, 5) is 28.9. The van der Waals surface area contributed by atoms with E-state index in [0.29, 0.717) is 6.54 Å². The smallest absolute Gasteiger partial charge is 0.260 e. The number of nitrogens with zero attached hydrogens (tertiary/aromatic N) is 2. The number of hydrogen-bond acceptors (Lipinski definition) is 4. The number of hydrogen-bond donors (Lipinski definition) is 0. The highest BCUT2D eigenvalue weighted by Crippen LogP contribution is 2.26. The number of amides is 2. The second kappa shape index (κ2) is 9.04. The minimum atomic E-state index is -0.0644.